The molecule has 0 unspecified atom stereocenters. The Balaban J connectivity index is 1.05. The summed E-state index contributed by atoms with van der Waals surface area (Å²) in [6, 6.07) is 18.5. The number of amides is 1. The van der Waals surface area contributed by atoms with Crippen molar-refractivity contribution in [3.8, 4) is 17.6 Å². The highest BCUT2D eigenvalue weighted by molar-refractivity contribution is 5.97. The zero-order valence-corrected chi connectivity index (χ0v) is 22.3. The summed E-state index contributed by atoms with van der Waals surface area (Å²) >= 11 is 0. The minimum Gasteiger partial charge on any atom is -0.490 e. The quantitative estimate of drug-likeness (QED) is 0.326. The lowest BCUT2D eigenvalue weighted by molar-refractivity contribution is 0.0594. The van der Waals surface area contributed by atoms with Crippen molar-refractivity contribution in [1.29, 1.82) is 5.26 Å². The van der Waals surface area contributed by atoms with Gasteiger partial charge in [0, 0.05) is 38.5 Å². The Bertz CT molecular complexity index is 1340. The van der Waals surface area contributed by atoms with E-state index in [-0.39, 0.29) is 35.6 Å². The van der Waals surface area contributed by atoms with Crippen LogP contribution in [-0.4, -0.2) is 46.9 Å². The number of halogens is 1. The molecule has 0 spiro atoms. The maximum atomic E-state index is 13.1. The number of hydrogen-bond acceptors (Lipinski definition) is 6. The normalized spacial score (nSPS) is 19.4. The summed E-state index contributed by atoms with van der Waals surface area (Å²) in [4.78, 5) is 32.0. The van der Waals surface area contributed by atoms with Crippen molar-refractivity contribution in [2.24, 2.45) is 5.92 Å². The number of ether oxygens (including phenoxy) is 2. The van der Waals surface area contributed by atoms with E-state index in [1.165, 1.54) is 18.3 Å². The van der Waals surface area contributed by atoms with Crippen LogP contribution >= 0.6 is 0 Å². The van der Waals surface area contributed by atoms with E-state index in [1.807, 2.05) is 12.1 Å². The van der Waals surface area contributed by atoms with Crippen LogP contribution in [0.5, 0.6) is 11.5 Å². The first kappa shape index (κ1) is 27.3. The van der Waals surface area contributed by atoms with Crippen molar-refractivity contribution in [2.75, 3.05) is 13.1 Å². The molecule has 0 radical (unpaired) electrons. The number of hydrogen-bond donors (Lipinski definition) is 0. The van der Waals surface area contributed by atoms with Gasteiger partial charge in [0.1, 0.15) is 29.1 Å². The van der Waals surface area contributed by atoms with Crippen LogP contribution in [0, 0.1) is 23.1 Å². The van der Waals surface area contributed by atoms with E-state index < -0.39 is 0 Å². The Hall–Kier alpha value is -4.25. The number of carbonyl (C=O) groups is 2. The van der Waals surface area contributed by atoms with Gasteiger partial charge in [-0.25, -0.2) is 4.39 Å². The van der Waals surface area contributed by atoms with E-state index in [1.54, 1.807) is 41.3 Å². The van der Waals surface area contributed by atoms with E-state index in [0.29, 0.717) is 54.9 Å². The van der Waals surface area contributed by atoms with Crippen LogP contribution in [0.4, 0.5) is 4.39 Å². The predicted octanol–water partition coefficient (Wildman–Crippen LogP) is 5.99. The molecule has 1 saturated carbocycles. The summed E-state index contributed by atoms with van der Waals surface area (Å²) < 4.78 is 25.1. The third-order valence-corrected chi connectivity index (χ3v) is 7.70. The van der Waals surface area contributed by atoms with E-state index in [0.717, 1.165) is 31.4 Å². The number of nitriles is 1. The van der Waals surface area contributed by atoms with Gasteiger partial charge >= 0.3 is 0 Å². The molecule has 1 aromatic heterocycles. The number of piperidine rings is 1. The number of ketones is 1. The van der Waals surface area contributed by atoms with Gasteiger partial charge in [-0.05, 0) is 92.3 Å². The second-order valence-corrected chi connectivity index (χ2v) is 10.5. The molecular formula is C32H32FN3O4. The Morgan fingerprint density at radius 2 is 1.45 bits per heavy atom. The molecule has 40 heavy (non-hydrogen) atoms. The van der Waals surface area contributed by atoms with E-state index in [4.69, 9.17) is 14.7 Å². The molecule has 5 rings (SSSR count). The predicted molar refractivity (Wildman–Crippen MR) is 147 cm³/mol. The molecule has 0 bridgehead atoms. The number of nitrogens with zero attached hydrogens (tertiary/aromatic N) is 3. The molecule has 1 aliphatic carbocycles. The smallest absolute Gasteiger partial charge is 0.255 e. The second kappa shape index (κ2) is 12.7. The lowest BCUT2D eigenvalue weighted by Crippen LogP contribution is -2.41. The van der Waals surface area contributed by atoms with Gasteiger partial charge in [-0.2, -0.15) is 5.26 Å². The zero-order valence-electron chi connectivity index (χ0n) is 22.3. The van der Waals surface area contributed by atoms with Crippen molar-refractivity contribution >= 4 is 11.7 Å². The SMILES string of the molecule is N#Cc1ccc(OC2CCC(CC(=O)c3ccc(C(=O)N4CCC(Oc5ccc(F)cc5)CC4)cn3)CC2)cc1. The molecule has 2 aromatic carbocycles. The van der Waals surface area contributed by atoms with E-state index in [9.17, 15) is 14.0 Å². The van der Waals surface area contributed by atoms with Gasteiger partial charge in [0.15, 0.2) is 5.78 Å². The van der Waals surface area contributed by atoms with Gasteiger partial charge in [-0.3, -0.25) is 14.6 Å². The maximum absolute atomic E-state index is 13.1. The second-order valence-electron chi connectivity index (χ2n) is 10.5. The van der Waals surface area contributed by atoms with Gasteiger partial charge < -0.3 is 14.4 Å². The van der Waals surface area contributed by atoms with Crippen LogP contribution in [0.2, 0.25) is 0 Å². The Labute approximate surface area is 233 Å². The van der Waals surface area contributed by atoms with Gasteiger partial charge in [0.25, 0.3) is 5.91 Å². The third-order valence-electron chi connectivity index (χ3n) is 7.70. The number of rotatable bonds is 8. The van der Waals surface area contributed by atoms with Crippen molar-refractivity contribution in [1.82, 2.24) is 9.88 Å². The molecule has 206 valence electrons. The highest BCUT2D eigenvalue weighted by atomic mass is 19.1. The van der Waals surface area contributed by atoms with Crippen LogP contribution < -0.4 is 9.47 Å². The minimum atomic E-state index is -0.302. The monoisotopic (exact) mass is 541 g/mol. The summed E-state index contributed by atoms with van der Waals surface area (Å²) in [5.74, 6) is 1.26. The molecule has 8 heteroatoms. The number of aromatic nitrogens is 1. The summed E-state index contributed by atoms with van der Waals surface area (Å²) in [7, 11) is 0. The van der Waals surface area contributed by atoms with Crippen molar-refractivity contribution < 1.29 is 23.5 Å². The fraction of sp³-hybridized carbons (Fsp3) is 0.375. The average molecular weight is 542 g/mol. The molecule has 2 heterocycles. The number of likely N-dealkylation sites (tertiary alicyclic amines) is 1. The zero-order chi connectivity index (χ0) is 27.9. The number of carbonyl (C=O) groups excluding carboxylic acids is 2. The van der Waals surface area contributed by atoms with Crippen LogP contribution in [-0.2, 0) is 0 Å². The minimum absolute atomic E-state index is 0.00536. The maximum Gasteiger partial charge on any atom is 0.255 e. The van der Waals surface area contributed by atoms with Crippen molar-refractivity contribution in [3.63, 3.8) is 0 Å². The lowest BCUT2D eigenvalue weighted by atomic mass is 9.84. The summed E-state index contributed by atoms with van der Waals surface area (Å²) in [5, 5.41) is 8.93. The first-order chi connectivity index (χ1) is 19.5. The Morgan fingerprint density at radius 1 is 0.850 bits per heavy atom. The van der Waals surface area contributed by atoms with Crippen LogP contribution in [0.15, 0.2) is 66.9 Å². The topological polar surface area (TPSA) is 92.5 Å². The van der Waals surface area contributed by atoms with Gasteiger partial charge in [-0.1, -0.05) is 0 Å². The summed E-state index contributed by atoms with van der Waals surface area (Å²) in [6.07, 6.45) is 6.97. The standard InChI is InChI=1S/C32H32FN3O4/c33-25-6-12-28(13-7-25)40-29-15-17-36(18-16-29)32(38)24-5-14-30(35-21-24)31(37)19-22-1-8-26(9-2-22)39-27-10-3-23(20-34)4-11-27/h3-7,10-14,21-22,26,29H,1-2,8-9,15-19H2. The molecule has 2 aliphatic rings. The highest BCUT2D eigenvalue weighted by Crippen LogP contribution is 2.30. The molecule has 1 aliphatic heterocycles. The third kappa shape index (κ3) is 7.03. The lowest BCUT2D eigenvalue weighted by Gasteiger charge is -2.32. The molecule has 1 amide bonds. The van der Waals surface area contributed by atoms with E-state index in [2.05, 4.69) is 11.1 Å². The number of pyridine rings is 1. The van der Waals surface area contributed by atoms with Crippen molar-refractivity contribution in [3.05, 3.63) is 89.5 Å². The molecule has 2 fully saturated rings. The van der Waals surface area contributed by atoms with Gasteiger partial charge in [-0.15, -0.1) is 0 Å². The van der Waals surface area contributed by atoms with Crippen LogP contribution in [0.3, 0.4) is 0 Å². The first-order valence-electron chi connectivity index (χ1n) is 13.8. The first-order valence-corrected chi connectivity index (χ1v) is 13.8. The fourth-order valence-electron chi connectivity index (χ4n) is 5.37. The Morgan fingerprint density at radius 3 is 2.02 bits per heavy atom. The van der Waals surface area contributed by atoms with Crippen LogP contribution in [0.1, 0.15) is 71.4 Å². The summed E-state index contributed by atoms with van der Waals surface area (Å²) in [5.41, 5.74) is 1.46. The van der Waals surface area contributed by atoms with Gasteiger partial charge in [0.05, 0.1) is 23.3 Å². The van der Waals surface area contributed by atoms with Crippen LogP contribution in [0.25, 0.3) is 0 Å². The largest absolute Gasteiger partial charge is 0.490 e. The summed E-state index contributed by atoms with van der Waals surface area (Å²) in [6.45, 7) is 1.12. The average Bonchev–Trinajstić information content (AvgIpc) is 3.00. The fourth-order valence-corrected chi connectivity index (χ4v) is 5.37. The van der Waals surface area contributed by atoms with Crippen molar-refractivity contribution in [2.45, 2.75) is 57.2 Å². The van der Waals surface area contributed by atoms with E-state index >= 15 is 0 Å². The molecular weight excluding hydrogens is 509 g/mol. The molecule has 3 aromatic rings. The highest BCUT2D eigenvalue weighted by Gasteiger charge is 2.27. The molecule has 0 atom stereocenters. The molecule has 0 N–H and O–H groups in total. The Kier molecular flexibility index (Phi) is 8.70. The number of benzene rings is 2. The molecule has 1 saturated heterocycles. The molecule has 7 nitrogen and oxygen atoms in total. The van der Waals surface area contributed by atoms with Gasteiger partial charge in [0.2, 0.25) is 0 Å². The number of Topliss-reactive ketones (excluding diaryl/α,β-unsaturated/α-hetero) is 1.